The number of amides is 2. The normalized spacial score (nSPS) is 15.2. The van der Waals surface area contributed by atoms with E-state index in [0.717, 1.165) is 0 Å². The topological polar surface area (TPSA) is 127 Å². The Hall–Kier alpha value is -3.82. The minimum absolute atomic E-state index is 0.0556. The molecule has 130 valence electrons. The van der Waals surface area contributed by atoms with Crippen molar-refractivity contribution in [2.24, 2.45) is 0 Å². The Labute approximate surface area is 145 Å². The van der Waals surface area contributed by atoms with Gasteiger partial charge in [-0.1, -0.05) is 0 Å². The van der Waals surface area contributed by atoms with E-state index in [0.29, 0.717) is 11.1 Å². The Kier molecular flexibility index (Phi) is 3.22. The molecule has 0 radical (unpaired) electrons. The lowest BCUT2D eigenvalue weighted by Crippen LogP contribution is -2.54. The van der Waals surface area contributed by atoms with E-state index in [4.69, 9.17) is 0 Å². The molecule has 0 atom stereocenters. The summed E-state index contributed by atoms with van der Waals surface area (Å²) in [6, 6.07) is 7.83. The molecule has 0 aromatic heterocycles. The molecule has 26 heavy (non-hydrogen) atoms. The summed E-state index contributed by atoms with van der Waals surface area (Å²) in [7, 11) is 0. The third kappa shape index (κ3) is 2.19. The smallest absolute Gasteiger partial charge is 0.267 e. The van der Waals surface area contributed by atoms with E-state index in [2.05, 4.69) is 0 Å². The predicted octanol–water partition coefficient (Wildman–Crippen LogP) is 2.03. The third-order valence-electron chi connectivity index (χ3n) is 4.47. The second-order valence-electron chi connectivity index (χ2n) is 5.92. The van der Waals surface area contributed by atoms with Gasteiger partial charge in [-0.05, 0) is 23.3 Å². The van der Waals surface area contributed by atoms with Crippen LogP contribution in [0.5, 0.6) is 0 Å². The number of hydrazine groups is 1. The second-order valence-corrected chi connectivity index (χ2v) is 5.92. The molecule has 0 aliphatic carbocycles. The molecule has 2 aromatic rings. The number of rotatable bonds is 2. The number of benzene rings is 2. The SMILES string of the molecule is O=C1c2cc([N+](=O)[O-])ccc2CN2C(=O)c3cc([N+](=O)[O-])ccc3CN12. The van der Waals surface area contributed by atoms with Crippen molar-refractivity contribution in [3.63, 3.8) is 0 Å². The summed E-state index contributed by atoms with van der Waals surface area (Å²) in [5.74, 6) is -1.04. The Balaban J connectivity index is 1.77. The molecular weight excluding hydrogens is 344 g/mol. The number of nitro benzene ring substituents is 2. The number of fused-ring (bicyclic) bond motifs is 3. The molecule has 0 fully saturated rings. The van der Waals surface area contributed by atoms with Crippen molar-refractivity contribution >= 4 is 23.2 Å². The van der Waals surface area contributed by atoms with Crippen molar-refractivity contribution in [2.45, 2.75) is 13.1 Å². The summed E-state index contributed by atoms with van der Waals surface area (Å²) >= 11 is 0. The van der Waals surface area contributed by atoms with Gasteiger partial charge in [0.2, 0.25) is 0 Å². The van der Waals surface area contributed by atoms with Gasteiger partial charge in [-0.15, -0.1) is 0 Å². The number of hydrogen-bond acceptors (Lipinski definition) is 6. The zero-order chi connectivity index (χ0) is 18.6. The maximum Gasteiger partial charge on any atom is 0.273 e. The van der Waals surface area contributed by atoms with E-state index >= 15 is 0 Å². The fraction of sp³-hybridized carbons (Fsp3) is 0.125. The summed E-state index contributed by atoms with van der Waals surface area (Å²) in [6.07, 6.45) is 0. The number of nitro groups is 2. The molecule has 0 saturated carbocycles. The largest absolute Gasteiger partial charge is 0.273 e. The highest BCUT2D eigenvalue weighted by atomic mass is 16.6. The van der Waals surface area contributed by atoms with Gasteiger partial charge in [0, 0.05) is 24.3 Å². The van der Waals surface area contributed by atoms with Crippen LogP contribution in [-0.2, 0) is 13.1 Å². The molecule has 4 rings (SSSR count). The molecule has 0 saturated heterocycles. The molecule has 2 aliphatic heterocycles. The van der Waals surface area contributed by atoms with E-state index in [1.807, 2.05) is 0 Å². The van der Waals surface area contributed by atoms with E-state index in [9.17, 15) is 29.8 Å². The van der Waals surface area contributed by atoms with Crippen LogP contribution >= 0.6 is 0 Å². The maximum atomic E-state index is 12.8. The first kappa shape index (κ1) is 15.7. The molecule has 2 amide bonds. The maximum absolute atomic E-state index is 12.8. The summed E-state index contributed by atoms with van der Waals surface area (Å²) in [6.45, 7) is 0.111. The van der Waals surface area contributed by atoms with Crippen LogP contribution in [0.1, 0.15) is 31.8 Å². The van der Waals surface area contributed by atoms with Gasteiger partial charge >= 0.3 is 0 Å². The van der Waals surface area contributed by atoms with Crippen LogP contribution < -0.4 is 0 Å². The number of hydrogen-bond donors (Lipinski definition) is 0. The summed E-state index contributed by atoms with van der Waals surface area (Å²) in [5.41, 5.74) is 0.912. The average Bonchev–Trinajstić information content (AvgIpc) is 2.62. The van der Waals surface area contributed by atoms with E-state index < -0.39 is 21.7 Å². The molecule has 10 heteroatoms. The van der Waals surface area contributed by atoms with Gasteiger partial charge in [0.25, 0.3) is 23.2 Å². The Morgan fingerprint density at radius 1 is 0.731 bits per heavy atom. The molecule has 2 aromatic carbocycles. The Bertz CT molecular complexity index is 936. The molecule has 0 bridgehead atoms. The first-order valence-corrected chi connectivity index (χ1v) is 7.55. The zero-order valence-electron chi connectivity index (χ0n) is 13.1. The molecule has 2 heterocycles. The molecule has 10 nitrogen and oxygen atoms in total. The summed E-state index contributed by atoms with van der Waals surface area (Å²) in [5, 5.41) is 24.3. The average molecular weight is 354 g/mol. The minimum Gasteiger partial charge on any atom is -0.267 e. The van der Waals surface area contributed by atoms with Crippen LogP contribution in [0.2, 0.25) is 0 Å². The molecule has 2 aliphatic rings. The fourth-order valence-electron chi connectivity index (χ4n) is 3.16. The number of carbonyl (C=O) groups excluding carboxylic acids is 2. The number of non-ortho nitro benzene ring substituents is 2. The number of carbonyl (C=O) groups is 2. The standard InChI is InChI=1S/C16H10N4O6/c21-15-13-5-11(19(23)24)3-1-9(13)7-17-16(22)14-6-12(20(25)26)4-2-10(14)8-18(15)17/h1-6H,7-8H2. The van der Waals surface area contributed by atoms with Gasteiger partial charge in [0.15, 0.2) is 0 Å². The highest BCUT2D eigenvalue weighted by Gasteiger charge is 2.40. The van der Waals surface area contributed by atoms with Gasteiger partial charge < -0.3 is 0 Å². The third-order valence-corrected chi connectivity index (χ3v) is 4.47. The van der Waals surface area contributed by atoms with Crippen molar-refractivity contribution in [1.82, 2.24) is 10.0 Å². The fourth-order valence-corrected chi connectivity index (χ4v) is 3.16. The predicted molar refractivity (Wildman–Crippen MR) is 85.9 cm³/mol. The summed E-state index contributed by atoms with van der Waals surface area (Å²) < 4.78 is 0. The van der Waals surface area contributed by atoms with Crippen molar-refractivity contribution in [3.05, 3.63) is 78.9 Å². The van der Waals surface area contributed by atoms with Crippen molar-refractivity contribution in [3.8, 4) is 0 Å². The van der Waals surface area contributed by atoms with E-state index in [-0.39, 0.29) is 35.6 Å². The van der Waals surface area contributed by atoms with Gasteiger partial charge in [0.05, 0.1) is 34.1 Å². The van der Waals surface area contributed by atoms with Crippen LogP contribution in [0.25, 0.3) is 0 Å². The van der Waals surface area contributed by atoms with Crippen LogP contribution in [0.3, 0.4) is 0 Å². The monoisotopic (exact) mass is 354 g/mol. The lowest BCUT2D eigenvalue weighted by Gasteiger charge is -2.42. The molecule has 0 spiro atoms. The number of nitrogens with zero attached hydrogens (tertiary/aromatic N) is 4. The highest BCUT2D eigenvalue weighted by Crippen LogP contribution is 2.33. The van der Waals surface area contributed by atoms with E-state index in [1.54, 1.807) is 0 Å². The van der Waals surface area contributed by atoms with Gasteiger partial charge in [-0.25, -0.2) is 10.0 Å². The first-order chi connectivity index (χ1) is 12.4. The van der Waals surface area contributed by atoms with Crippen LogP contribution in [0, 0.1) is 20.2 Å². The second kappa shape index (κ2) is 5.34. The van der Waals surface area contributed by atoms with Crippen molar-refractivity contribution in [2.75, 3.05) is 0 Å². The van der Waals surface area contributed by atoms with Gasteiger partial charge in [-0.3, -0.25) is 29.8 Å². The lowest BCUT2D eigenvalue weighted by molar-refractivity contribution is -0.385. The summed E-state index contributed by atoms with van der Waals surface area (Å²) in [4.78, 5) is 46.2. The van der Waals surface area contributed by atoms with Crippen LogP contribution in [0.4, 0.5) is 11.4 Å². The molecule has 0 unspecified atom stereocenters. The quantitative estimate of drug-likeness (QED) is 0.600. The Morgan fingerprint density at radius 2 is 1.12 bits per heavy atom. The molecule has 0 N–H and O–H groups in total. The molecular formula is C16H10N4O6. The van der Waals surface area contributed by atoms with Gasteiger partial charge in [0.1, 0.15) is 0 Å². The van der Waals surface area contributed by atoms with E-state index in [1.165, 1.54) is 46.4 Å². The zero-order valence-corrected chi connectivity index (χ0v) is 13.1. The van der Waals surface area contributed by atoms with Crippen molar-refractivity contribution in [1.29, 1.82) is 0 Å². The highest BCUT2D eigenvalue weighted by molar-refractivity contribution is 6.04. The van der Waals surface area contributed by atoms with Crippen molar-refractivity contribution < 1.29 is 19.4 Å². The minimum atomic E-state index is -0.588. The van der Waals surface area contributed by atoms with Gasteiger partial charge in [-0.2, -0.15) is 0 Å². The lowest BCUT2D eigenvalue weighted by atomic mass is 9.98. The first-order valence-electron chi connectivity index (χ1n) is 7.55. The van der Waals surface area contributed by atoms with Crippen LogP contribution in [-0.4, -0.2) is 31.7 Å². The Morgan fingerprint density at radius 3 is 1.46 bits per heavy atom. The van der Waals surface area contributed by atoms with Crippen LogP contribution in [0.15, 0.2) is 36.4 Å².